The third-order valence-electron chi connectivity index (χ3n) is 6.21. The summed E-state index contributed by atoms with van der Waals surface area (Å²) in [5.74, 6) is 20.0. The van der Waals surface area contributed by atoms with Crippen LogP contribution in [0.2, 0.25) is 0 Å². The molecular weight excluding hydrogens is 440 g/mol. The highest BCUT2D eigenvalue weighted by Gasteiger charge is 1.94. The van der Waals surface area contributed by atoms with E-state index in [1.54, 1.807) is 6.08 Å². The quantitative estimate of drug-likeness (QED) is 0.0910. The first-order chi connectivity index (χ1) is 17.8. The van der Waals surface area contributed by atoms with Crippen LogP contribution in [-0.4, -0.2) is 22.9 Å². The topological polar surface area (TPSA) is 40.5 Å². The third kappa shape index (κ3) is 29.9. The summed E-state index contributed by atoms with van der Waals surface area (Å²) in [6, 6.07) is 0. The maximum Gasteiger partial charge on any atom is 0.133 e. The molecule has 0 fully saturated rings. The molecule has 2 heteroatoms. The fourth-order valence-electron chi connectivity index (χ4n) is 4.03. The number of hydrogen-bond donors (Lipinski definition) is 2. The van der Waals surface area contributed by atoms with Crippen molar-refractivity contribution in [3.05, 3.63) is 12.2 Å². The molecule has 200 valence electrons. The Morgan fingerprint density at radius 3 is 1.36 bits per heavy atom. The Morgan fingerprint density at radius 2 is 0.917 bits per heavy atom. The zero-order valence-corrected chi connectivity index (χ0v) is 23.0. The number of aliphatic hydroxyl groups excluding tert-OH is 2. The van der Waals surface area contributed by atoms with Crippen molar-refractivity contribution in [2.75, 3.05) is 6.61 Å². The molecule has 0 bridgehead atoms. The highest BCUT2D eigenvalue weighted by Crippen LogP contribution is 2.13. The van der Waals surface area contributed by atoms with Crippen molar-refractivity contribution in [1.29, 1.82) is 0 Å². The molecule has 2 nitrogen and oxygen atoms in total. The molecule has 0 rings (SSSR count). The Balaban J connectivity index is 3.21. The van der Waals surface area contributed by atoms with E-state index in [0.717, 1.165) is 32.1 Å². The van der Waals surface area contributed by atoms with Gasteiger partial charge >= 0.3 is 0 Å². The van der Waals surface area contributed by atoms with Crippen LogP contribution in [0.4, 0.5) is 0 Å². The lowest BCUT2D eigenvalue weighted by molar-refractivity contribution is 0.280. The molecule has 0 aliphatic heterocycles. The lowest BCUT2D eigenvalue weighted by Crippen LogP contribution is -1.95. The molecular formula is C34H52O2. The maximum atomic E-state index is 9.23. The highest BCUT2D eigenvalue weighted by molar-refractivity contribution is 5.25. The van der Waals surface area contributed by atoms with Gasteiger partial charge in [-0.05, 0) is 50.0 Å². The van der Waals surface area contributed by atoms with Gasteiger partial charge < -0.3 is 10.2 Å². The average Bonchev–Trinajstić information content (AvgIpc) is 2.89. The van der Waals surface area contributed by atoms with Crippen molar-refractivity contribution in [2.24, 2.45) is 0 Å². The first-order valence-electron chi connectivity index (χ1n) is 14.6. The van der Waals surface area contributed by atoms with Crippen LogP contribution in [-0.2, 0) is 0 Å². The summed E-state index contributed by atoms with van der Waals surface area (Å²) in [6.45, 7) is -0.104. The van der Waals surface area contributed by atoms with Crippen LogP contribution in [0.5, 0.6) is 0 Å². The van der Waals surface area contributed by atoms with Crippen molar-refractivity contribution >= 4 is 0 Å². The molecule has 0 spiro atoms. The number of hydrogen-bond acceptors (Lipinski definition) is 2. The van der Waals surface area contributed by atoms with E-state index in [4.69, 9.17) is 11.5 Å². The minimum atomic E-state index is -0.720. The Kier molecular flexibility index (Phi) is 29.1. The van der Waals surface area contributed by atoms with E-state index in [1.165, 1.54) is 109 Å². The number of unbranched alkanes of at least 4 members (excludes halogenated alkanes) is 20. The fourth-order valence-corrected chi connectivity index (χ4v) is 4.03. The second-order valence-corrected chi connectivity index (χ2v) is 9.56. The second kappa shape index (κ2) is 30.9. The van der Waals surface area contributed by atoms with Gasteiger partial charge in [-0.3, -0.25) is 0 Å². The van der Waals surface area contributed by atoms with Crippen molar-refractivity contribution in [3.63, 3.8) is 0 Å². The summed E-state index contributed by atoms with van der Waals surface area (Å²) in [6.07, 6.45) is 35.7. The van der Waals surface area contributed by atoms with Gasteiger partial charge in [-0.15, -0.1) is 18.3 Å². The lowest BCUT2D eigenvalue weighted by Gasteiger charge is -2.02. The molecule has 2 N–H and O–H groups in total. The monoisotopic (exact) mass is 492 g/mol. The van der Waals surface area contributed by atoms with Gasteiger partial charge in [0.2, 0.25) is 0 Å². The van der Waals surface area contributed by atoms with Crippen LogP contribution in [0.15, 0.2) is 12.2 Å². The molecule has 0 heterocycles. The molecule has 36 heavy (non-hydrogen) atoms. The Hall–Kier alpha value is -2.10. The van der Waals surface area contributed by atoms with Crippen LogP contribution in [0.3, 0.4) is 0 Å². The van der Waals surface area contributed by atoms with Gasteiger partial charge in [-0.25, -0.2) is 0 Å². The molecule has 0 unspecified atom stereocenters. The first kappa shape index (κ1) is 33.9. The minimum Gasteiger partial charge on any atom is -0.384 e. The van der Waals surface area contributed by atoms with Crippen molar-refractivity contribution in [2.45, 2.75) is 147 Å². The molecule has 1 atom stereocenters. The SMILES string of the molecule is C#C[C@@H](O)/C=C/CCCCCCCCCCCCC#CCCCCCCCCCCC#CC#CCO. The van der Waals surface area contributed by atoms with Crippen LogP contribution in [0.25, 0.3) is 0 Å². The van der Waals surface area contributed by atoms with Gasteiger partial charge in [0, 0.05) is 19.3 Å². The van der Waals surface area contributed by atoms with Gasteiger partial charge in [-0.1, -0.05) is 114 Å². The van der Waals surface area contributed by atoms with E-state index in [1.807, 2.05) is 6.08 Å². The Bertz CT molecular complexity index is 723. The molecule has 0 aliphatic carbocycles. The van der Waals surface area contributed by atoms with Crippen LogP contribution in [0, 0.1) is 47.9 Å². The van der Waals surface area contributed by atoms with E-state index in [2.05, 4.69) is 41.4 Å². The third-order valence-corrected chi connectivity index (χ3v) is 6.21. The first-order valence-corrected chi connectivity index (χ1v) is 14.6. The zero-order valence-electron chi connectivity index (χ0n) is 23.0. The molecule has 0 saturated carbocycles. The van der Waals surface area contributed by atoms with E-state index >= 15 is 0 Å². The maximum absolute atomic E-state index is 9.23. The largest absolute Gasteiger partial charge is 0.384 e. The standard InChI is InChI=1S/C34H52O2/c1-2-34(36)32-30-28-26-24-22-20-18-16-14-12-10-8-6-4-3-5-7-9-11-13-15-17-19-21-23-25-27-29-31-33-35/h1,30,32,34-36H,5-24,26,28,33H2/b32-30+/t34-/m1/s1. The normalized spacial score (nSPS) is 11.0. The number of aliphatic hydroxyl groups is 2. The number of rotatable bonds is 22. The molecule has 0 radical (unpaired) electrons. The van der Waals surface area contributed by atoms with Crippen LogP contribution in [0.1, 0.15) is 141 Å². The van der Waals surface area contributed by atoms with Crippen molar-refractivity contribution in [1.82, 2.24) is 0 Å². The molecule has 0 aliphatic rings. The van der Waals surface area contributed by atoms with E-state index in [9.17, 15) is 5.11 Å². The summed E-state index contributed by atoms with van der Waals surface area (Å²) in [5.41, 5.74) is 0. The zero-order chi connectivity index (χ0) is 26.2. The van der Waals surface area contributed by atoms with Crippen molar-refractivity contribution in [3.8, 4) is 47.9 Å². The predicted molar refractivity (Wildman–Crippen MR) is 156 cm³/mol. The van der Waals surface area contributed by atoms with Gasteiger partial charge in [0.05, 0.1) is 0 Å². The van der Waals surface area contributed by atoms with Crippen LogP contribution < -0.4 is 0 Å². The molecule has 0 aromatic heterocycles. The number of allylic oxidation sites excluding steroid dienone is 1. The minimum absolute atomic E-state index is 0.104. The fraction of sp³-hybridized carbons (Fsp3) is 0.706. The summed E-state index contributed by atoms with van der Waals surface area (Å²) in [4.78, 5) is 0. The van der Waals surface area contributed by atoms with E-state index < -0.39 is 6.10 Å². The van der Waals surface area contributed by atoms with E-state index in [0.29, 0.717) is 0 Å². The Morgan fingerprint density at radius 1 is 0.528 bits per heavy atom. The molecule has 0 amide bonds. The highest BCUT2D eigenvalue weighted by atomic mass is 16.3. The summed E-state index contributed by atoms with van der Waals surface area (Å²) in [7, 11) is 0. The number of terminal acetylenes is 1. The lowest BCUT2D eigenvalue weighted by atomic mass is 10.0. The smallest absolute Gasteiger partial charge is 0.133 e. The second-order valence-electron chi connectivity index (χ2n) is 9.56. The van der Waals surface area contributed by atoms with Gasteiger partial charge in [-0.2, -0.15) is 0 Å². The van der Waals surface area contributed by atoms with Gasteiger partial charge in [0.15, 0.2) is 0 Å². The molecule has 0 aromatic rings. The van der Waals surface area contributed by atoms with Crippen molar-refractivity contribution < 1.29 is 10.2 Å². The predicted octanol–water partition coefficient (Wildman–Crippen LogP) is 8.12. The van der Waals surface area contributed by atoms with Gasteiger partial charge in [0.1, 0.15) is 12.7 Å². The Labute approximate surface area is 224 Å². The molecule has 0 aromatic carbocycles. The van der Waals surface area contributed by atoms with E-state index in [-0.39, 0.29) is 6.61 Å². The molecule has 0 saturated heterocycles. The average molecular weight is 493 g/mol. The summed E-state index contributed by atoms with van der Waals surface area (Å²) < 4.78 is 0. The summed E-state index contributed by atoms with van der Waals surface area (Å²) in [5, 5.41) is 17.7. The van der Waals surface area contributed by atoms with Gasteiger partial charge in [0.25, 0.3) is 0 Å². The van der Waals surface area contributed by atoms with Crippen LogP contribution >= 0.6 is 0 Å². The summed E-state index contributed by atoms with van der Waals surface area (Å²) >= 11 is 0.